The number of aromatic nitrogens is 4. The maximum absolute atomic E-state index is 12.9. The van der Waals surface area contributed by atoms with Gasteiger partial charge in [0.15, 0.2) is 0 Å². The van der Waals surface area contributed by atoms with Crippen LogP contribution in [0.4, 0.5) is 11.4 Å². The molecule has 0 unspecified atom stereocenters. The average molecular weight is 426 g/mol. The fourth-order valence-corrected chi connectivity index (χ4v) is 2.94. The van der Waals surface area contributed by atoms with Crippen LogP contribution >= 0.6 is 0 Å². The zero-order valence-electron chi connectivity index (χ0n) is 17.0. The molecule has 31 heavy (non-hydrogen) atoms. The minimum absolute atomic E-state index is 0.0441. The maximum Gasteiger partial charge on any atom is 0.305 e. The van der Waals surface area contributed by atoms with Crippen LogP contribution < -0.4 is 15.4 Å². The first-order chi connectivity index (χ1) is 14.9. The summed E-state index contributed by atoms with van der Waals surface area (Å²) in [7, 11) is 1.53. The van der Waals surface area contributed by atoms with Crippen LogP contribution in [0, 0.1) is 0 Å². The number of methoxy groups -OCH3 is 1. The van der Waals surface area contributed by atoms with E-state index in [1.54, 1.807) is 24.3 Å². The molecule has 2 aromatic heterocycles. The van der Waals surface area contributed by atoms with Gasteiger partial charge in [0, 0.05) is 24.5 Å². The van der Waals surface area contributed by atoms with Crippen LogP contribution in [0.1, 0.15) is 34.3 Å². The van der Waals surface area contributed by atoms with Crippen molar-refractivity contribution < 1.29 is 24.2 Å². The molecule has 0 fully saturated rings. The van der Waals surface area contributed by atoms with Gasteiger partial charge in [-0.15, -0.1) is 0 Å². The third kappa shape index (κ3) is 5.07. The number of carbonyl (C=O) groups excluding carboxylic acids is 2. The molecule has 162 valence electrons. The Hall–Kier alpha value is -4.15. The van der Waals surface area contributed by atoms with Gasteiger partial charge < -0.3 is 20.5 Å². The molecule has 3 aromatic rings. The first-order valence-electron chi connectivity index (χ1n) is 9.49. The number of rotatable bonds is 9. The van der Waals surface area contributed by atoms with Crippen molar-refractivity contribution in [1.29, 1.82) is 0 Å². The van der Waals surface area contributed by atoms with Gasteiger partial charge in [-0.1, -0.05) is 6.07 Å². The minimum atomic E-state index is -0.998. The van der Waals surface area contributed by atoms with E-state index >= 15 is 0 Å². The molecule has 0 bridgehead atoms. The second-order valence-electron chi connectivity index (χ2n) is 6.45. The van der Waals surface area contributed by atoms with Crippen LogP contribution in [-0.2, 0) is 17.9 Å². The van der Waals surface area contributed by atoms with Gasteiger partial charge in [0.05, 0.1) is 32.0 Å². The summed E-state index contributed by atoms with van der Waals surface area (Å²) in [6, 6.07) is 8.35. The Morgan fingerprint density at radius 3 is 2.61 bits per heavy atom. The van der Waals surface area contributed by atoms with Gasteiger partial charge >= 0.3 is 5.97 Å². The number of ether oxygens (including phenoxy) is 1. The zero-order chi connectivity index (χ0) is 22.4. The SMILES string of the molecule is CCn1ncc(NC(=O)c2ccnn2CCC(=O)O)c1C(=O)Nc1cccc(OC)c1. The number of hydrogen-bond acceptors (Lipinski definition) is 6. The van der Waals surface area contributed by atoms with Crippen molar-refractivity contribution in [2.45, 2.75) is 26.4 Å². The Morgan fingerprint density at radius 2 is 1.90 bits per heavy atom. The summed E-state index contributed by atoms with van der Waals surface area (Å²) >= 11 is 0. The van der Waals surface area contributed by atoms with Crippen molar-refractivity contribution in [2.24, 2.45) is 0 Å². The number of carboxylic acid groups (broad SMARTS) is 1. The van der Waals surface area contributed by atoms with Crippen LogP contribution in [0.2, 0.25) is 0 Å². The Morgan fingerprint density at radius 1 is 1.10 bits per heavy atom. The maximum atomic E-state index is 12.9. The van der Waals surface area contributed by atoms with Crippen molar-refractivity contribution in [1.82, 2.24) is 19.6 Å². The van der Waals surface area contributed by atoms with Gasteiger partial charge in [-0.25, -0.2) is 0 Å². The lowest BCUT2D eigenvalue weighted by Gasteiger charge is -2.11. The molecule has 0 saturated heterocycles. The predicted molar refractivity (Wildman–Crippen MR) is 111 cm³/mol. The number of aliphatic carboxylic acids is 1. The average Bonchev–Trinajstić information content (AvgIpc) is 3.39. The van der Waals surface area contributed by atoms with E-state index in [4.69, 9.17) is 9.84 Å². The predicted octanol–water partition coefficient (Wildman–Crippen LogP) is 2.09. The molecule has 11 heteroatoms. The Kier molecular flexibility index (Phi) is 6.65. The zero-order valence-corrected chi connectivity index (χ0v) is 17.0. The first kappa shape index (κ1) is 21.6. The van der Waals surface area contributed by atoms with Gasteiger partial charge in [-0.2, -0.15) is 10.2 Å². The highest BCUT2D eigenvalue weighted by Crippen LogP contribution is 2.21. The number of hydrogen-bond donors (Lipinski definition) is 3. The van der Waals surface area contributed by atoms with E-state index in [1.807, 2.05) is 6.92 Å². The number of amides is 2. The number of carboxylic acids is 1. The van der Waals surface area contributed by atoms with Gasteiger partial charge in [-0.05, 0) is 25.1 Å². The molecule has 0 aliphatic rings. The highest BCUT2D eigenvalue weighted by molar-refractivity contribution is 6.11. The number of aryl methyl sites for hydroxylation is 2. The molecular formula is C20H22N6O5. The van der Waals surface area contributed by atoms with E-state index in [2.05, 4.69) is 20.8 Å². The monoisotopic (exact) mass is 426 g/mol. The smallest absolute Gasteiger partial charge is 0.305 e. The van der Waals surface area contributed by atoms with E-state index in [9.17, 15) is 14.4 Å². The third-order valence-electron chi connectivity index (χ3n) is 4.42. The lowest BCUT2D eigenvalue weighted by molar-refractivity contribution is -0.137. The molecule has 3 N–H and O–H groups in total. The van der Waals surface area contributed by atoms with Crippen LogP contribution in [-0.4, -0.2) is 49.6 Å². The van der Waals surface area contributed by atoms with Gasteiger partial charge in [0.1, 0.15) is 17.1 Å². The molecule has 0 radical (unpaired) electrons. The quantitative estimate of drug-likeness (QED) is 0.476. The summed E-state index contributed by atoms with van der Waals surface area (Å²) in [5.74, 6) is -1.40. The van der Waals surface area contributed by atoms with Crippen LogP contribution in [0.15, 0.2) is 42.7 Å². The Balaban J connectivity index is 1.81. The second-order valence-corrected chi connectivity index (χ2v) is 6.45. The molecule has 0 saturated carbocycles. The standard InChI is InChI=1S/C20H22N6O5/c1-3-25-18(20(30)23-13-5-4-6-14(11-13)31-2)15(12-22-25)24-19(29)16-7-9-21-26(16)10-8-17(27)28/h4-7,9,11-12H,3,8,10H2,1-2H3,(H,23,30)(H,24,29)(H,27,28). The number of nitrogens with one attached hydrogen (secondary N) is 2. The summed E-state index contributed by atoms with van der Waals surface area (Å²) in [4.78, 5) is 36.5. The molecule has 3 rings (SSSR count). The molecule has 1 aromatic carbocycles. The van der Waals surface area contributed by atoms with Gasteiger partial charge in [-0.3, -0.25) is 23.7 Å². The summed E-state index contributed by atoms with van der Waals surface area (Å²) in [6.07, 6.45) is 2.62. The summed E-state index contributed by atoms with van der Waals surface area (Å²) in [6.45, 7) is 2.28. The largest absolute Gasteiger partial charge is 0.497 e. The van der Waals surface area contributed by atoms with Gasteiger partial charge in [0.25, 0.3) is 11.8 Å². The fraction of sp³-hybridized carbons (Fsp3) is 0.250. The molecule has 0 atom stereocenters. The molecule has 2 heterocycles. The van der Waals surface area contributed by atoms with E-state index in [-0.39, 0.29) is 30.0 Å². The lowest BCUT2D eigenvalue weighted by Crippen LogP contribution is -2.22. The molecule has 0 aliphatic heterocycles. The van der Waals surface area contributed by atoms with E-state index < -0.39 is 17.8 Å². The molecule has 0 spiro atoms. The van der Waals surface area contributed by atoms with Crippen LogP contribution in [0.5, 0.6) is 5.75 Å². The number of carbonyl (C=O) groups is 3. The number of benzene rings is 1. The number of anilines is 2. The van der Waals surface area contributed by atoms with Gasteiger partial charge in [0.2, 0.25) is 0 Å². The highest BCUT2D eigenvalue weighted by Gasteiger charge is 2.22. The number of nitrogens with zero attached hydrogens (tertiary/aromatic N) is 4. The summed E-state index contributed by atoms with van der Waals surface area (Å²) < 4.78 is 7.93. The minimum Gasteiger partial charge on any atom is -0.497 e. The van der Waals surface area contributed by atoms with Crippen molar-refractivity contribution >= 4 is 29.2 Å². The Labute approximate surface area is 177 Å². The molecule has 2 amide bonds. The first-order valence-corrected chi connectivity index (χ1v) is 9.49. The topological polar surface area (TPSA) is 140 Å². The summed E-state index contributed by atoms with van der Waals surface area (Å²) in [5, 5.41) is 22.4. The normalized spacial score (nSPS) is 10.5. The van der Waals surface area contributed by atoms with Crippen molar-refractivity contribution in [3.05, 3.63) is 54.1 Å². The van der Waals surface area contributed by atoms with Crippen molar-refractivity contribution in [3.63, 3.8) is 0 Å². The van der Waals surface area contributed by atoms with E-state index in [1.165, 1.54) is 34.9 Å². The van der Waals surface area contributed by atoms with E-state index in [0.717, 1.165) is 0 Å². The van der Waals surface area contributed by atoms with E-state index in [0.29, 0.717) is 18.0 Å². The molecule has 0 aliphatic carbocycles. The molecule has 11 nitrogen and oxygen atoms in total. The van der Waals surface area contributed by atoms with Crippen molar-refractivity contribution in [3.8, 4) is 5.75 Å². The molecular weight excluding hydrogens is 404 g/mol. The summed E-state index contributed by atoms with van der Waals surface area (Å²) in [5.41, 5.74) is 1.09. The van der Waals surface area contributed by atoms with Crippen LogP contribution in [0.25, 0.3) is 0 Å². The third-order valence-corrected chi connectivity index (χ3v) is 4.42. The lowest BCUT2D eigenvalue weighted by atomic mass is 10.2. The van der Waals surface area contributed by atoms with Crippen LogP contribution in [0.3, 0.4) is 0 Å². The van der Waals surface area contributed by atoms with Crippen molar-refractivity contribution in [2.75, 3.05) is 17.7 Å². The fourth-order valence-electron chi connectivity index (χ4n) is 2.94. The highest BCUT2D eigenvalue weighted by atomic mass is 16.5. The Bertz CT molecular complexity index is 1100. The second kappa shape index (κ2) is 9.57.